The maximum Gasteiger partial charge on any atom is 0.255 e. The van der Waals surface area contributed by atoms with Gasteiger partial charge in [0.1, 0.15) is 11.8 Å². The molecule has 0 aliphatic carbocycles. The van der Waals surface area contributed by atoms with Gasteiger partial charge >= 0.3 is 0 Å². The van der Waals surface area contributed by atoms with Crippen molar-refractivity contribution in [3.05, 3.63) is 65.2 Å². The van der Waals surface area contributed by atoms with Crippen LogP contribution in [0.1, 0.15) is 35.3 Å². The Bertz CT molecular complexity index is 799. The number of methoxy groups -OCH3 is 1. The Hall–Kier alpha value is -2.82. The summed E-state index contributed by atoms with van der Waals surface area (Å²) >= 11 is 0. The molecule has 1 atom stereocenters. The fraction of sp³-hybridized carbons (Fsp3) is 0.333. The van der Waals surface area contributed by atoms with Gasteiger partial charge in [-0.2, -0.15) is 0 Å². The summed E-state index contributed by atoms with van der Waals surface area (Å²) in [6.07, 6.45) is 0. The van der Waals surface area contributed by atoms with Crippen LogP contribution >= 0.6 is 0 Å². The van der Waals surface area contributed by atoms with Crippen molar-refractivity contribution in [3.63, 3.8) is 0 Å². The lowest BCUT2D eigenvalue weighted by molar-refractivity contribution is -0.127. The molecular weight excluding hydrogens is 328 g/mol. The summed E-state index contributed by atoms with van der Waals surface area (Å²) in [5.74, 6) is 0.598. The molecule has 0 saturated heterocycles. The molecule has 0 bridgehead atoms. The summed E-state index contributed by atoms with van der Waals surface area (Å²) in [7, 11) is 1.62. The Labute approximate surface area is 154 Å². The Morgan fingerprint density at radius 2 is 1.85 bits per heavy atom. The number of ether oxygens (including phenoxy) is 1. The molecule has 1 aliphatic rings. The molecule has 3 rings (SSSR count). The van der Waals surface area contributed by atoms with Crippen LogP contribution in [0.25, 0.3) is 0 Å². The van der Waals surface area contributed by atoms with Gasteiger partial charge in [-0.25, -0.2) is 0 Å². The predicted octanol–water partition coefficient (Wildman–Crippen LogP) is 2.99. The minimum Gasteiger partial charge on any atom is -0.497 e. The first-order chi connectivity index (χ1) is 12.5. The largest absolute Gasteiger partial charge is 0.497 e. The lowest BCUT2D eigenvalue weighted by Crippen LogP contribution is -2.49. The second-order valence-corrected chi connectivity index (χ2v) is 6.84. The number of benzene rings is 2. The number of hydrogen-bond donors (Lipinski definition) is 1. The topological polar surface area (TPSA) is 58.6 Å². The molecule has 0 saturated carbocycles. The van der Waals surface area contributed by atoms with E-state index in [1.165, 1.54) is 0 Å². The Balaban J connectivity index is 1.70. The smallest absolute Gasteiger partial charge is 0.255 e. The quantitative estimate of drug-likeness (QED) is 0.869. The van der Waals surface area contributed by atoms with Crippen molar-refractivity contribution in [2.75, 3.05) is 7.11 Å². The highest BCUT2D eigenvalue weighted by Gasteiger charge is 2.37. The van der Waals surface area contributed by atoms with Gasteiger partial charge in [0.15, 0.2) is 0 Å². The number of nitrogens with one attached hydrogen (secondary N) is 1. The van der Waals surface area contributed by atoms with Crippen LogP contribution in [0.3, 0.4) is 0 Å². The molecule has 0 aromatic heterocycles. The minimum atomic E-state index is -0.492. The van der Waals surface area contributed by atoms with Crippen LogP contribution in [0, 0.1) is 5.92 Å². The molecule has 1 N–H and O–H groups in total. The third-order valence-corrected chi connectivity index (χ3v) is 4.71. The molecule has 1 aliphatic heterocycles. The molecule has 1 heterocycles. The summed E-state index contributed by atoms with van der Waals surface area (Å²) in [5, 5.41) is 2.97. The zero-order chi connectivity index (χ0) is 18.7. The molecule has 136 valence electrons. The first-order valence-electron chi connectivity index (χ1n) is 8.80. The second-order valence-electron chi connectivity index (χ2n) is 6.84. The monoisotopic (exact) mass is 352 g/mol. The fourth-order valence-electron chi connectivity index (χ4n) is 3.34. The molecule has 0 spiro atoms. The van der Waals surface area contributed by atoms with Crippen LogP contribution in [0.4, 0.5) is 0 Å². The molecular formula is C21H24N2O3. The van der Waals surface area contributed by atoms with E-state index in [2.05, 4.69) is 5.32 Å². The van der Waals surface area contributed by atoms with Crippen LogP contribution < -0.4 is 10.1 Å². The van der Waals surface area contributed by atoms with Gasteiger partial charge in [-0.15, -0.1) is 0 Å². The van der Waals surface area contributed by atoms with Gasteiger partial charge in [0.05, 0.1) is 7.11 Å². The summed E-state index contributed by atoms with van der Waals surface area (Å²) in [4.78, 5) is 27.2. The molecule has 2 amide bonds. The van der Waals surface area contributed by atoms with E-state index < -0.39 is 6.04 Å². The number of carbonyl (C=O) groups is 2. The summed E-state index contributed by atoms with van der Waals surface area (Å²) < 4.78 is 5.14. The highest BCUT2D eigenvalue weighted by Crippen LogP contribution is 2.27. The van der Waals surface area contributed by atoms with Gasteiger partial charge in [-0.05, 0) is 35.2 Å². The van der Waals surface area contributed by atoms with E-state index in [0.29, 0.717) is 18.7 Å². The highest BCUT2D eigenvalue weighted by molar-refractivity contribution is 6.01. The maximum absolute atomic E-state index is 12.8. The van der Waals surface area contributed by atoms with Crippen molar-refractivity contribution in [2.45, 2.75) is 33.0 Å². The summed E-state index contributed by atoms with van der Waals surface area (Å²) in [6, 6.07) is 14.6. The van der Waals surface area contributed by atoms with E-state index in [1.807, 2.05) is 62.4 Å². The van der Waals surface area contributed by atoms with E-state index in [-0.39, 0.29) is 17.7 Å². The lowest BCUT2D eigenvalue weighted by atomic mass is 10.0. The first kappa shape index (κ1) is 18.0. The standard InChI is InChI=1S/C21H24N2O3/c1-14(2)19(23-13-16-6-4-5-7-18(16)21(23)25)20(24)22-12-15-8-10-17(26-3)11-9-15/h4-11,14,19H,12-13H2,1-3H3,(H,22,24)/t19-/m1/s1. The van der Waals surface area contributed by atoms with Gasteiger partial charge in [0, 0.05) is 18.7 Å². The van der Waals surface area contributed by atoms with E-state index in [4.69, 9.17) is 4.74 Å². The molecule has 2 aromatic rings. The first-order valence-corrected chi connectivity index (χ1v) is 8.80. The van der Waals surface area contributed by atoms with Crippen LogP contribution in [0.15, 0.2) is 48.5 Å². The minimum absolute atomic E-state index is 0.0177. The Morgan fingerprint density at radius 1 is 1.15 bits per heavy atom. The van der Waals surface area contributed by atoms with Crippen LogP contribution in [0.2, 0.25) is 0 Å². The van der Waals surface area contributed by atoms with E-state index in [0.717, 1.165) is 16.9 Å². The maximum atomic E-state index is 12.8. The van der Waals surface area contributed by atoms with Crippen molar-refractivity contribution in [2.24, 2.45) is 5.92 Å². The number of hydrogen-bond acceptors (Lipinski definition) is 3. The van der Waals surface area contributed by atoms with E-state index in [9.17, 15) is 9.59 Å². The molecule has 0 unspecified atom stereocenters. The van der Waals surface area contributed by atoms with E-state index in [1.54, 1.807) is 12.0 Å². The van der Waals surface area contributed by atoms with E-state index >= 15 is 0 Å². The van der Waals surface area contributed by atoms with Gasteiger partial charge in [0.2, 0.25) is 5.91 Å². The van der Waals surface area contributed by atoms with Crippen molar-refractivity contribution in [3.8, 4) is 5.75 Å². The number of amides is 2. The average molecular weight is 352 g/mol. The normalized spacial score (nSPS) is 14.3. The third kappa shape index (κ3) is 3.57. The Morgan fingerprint density at radius 3 is 2.46 bits per heavy atom. The van der Waals surface area contributed by atoms with Crippen LogP contribution in [0.5, 0.6) is 5.75 Å². The predicted molar refractivity (Wildman–Crippen MR) is 99.8 cm³/mol. The van der Waals surface area contributed by atoms with Crippen molar-refractivity contribution in [1.82, 2.24) is 10.2 Å². The highest BCUT2D eigenvalue weighted by atomic mass is 16.5. The lowest BCUT2D eigenvalue weighted by Gasteiger charge is -2.30. The number of nitrogens with zero attached hydrogens (tertiary/aromatic N) is 1. The van der Waals surface area contributed by atoms with Gasteiger partial charge in [0.25, 0.3) is 5.91 Å². The van der Waals surface area contributed by atoms with Crippen molar-refractivity contribution < 1.29 is 14.3 Å². The van der Waals surface area contributed by atoms with Gasteiger partial charge in [-0.1, -0.05) is 44.2 Å². The van der Waals surface area contributed by atoms with Gasteiger partial charge in [-0.3, -0.25) is 9.59 Å². The fourth-order valence-corrected chi connectivity index (χ4v) is 3.34. The van der Waals surface area contributed by atoms with Crippen molar-refractivity contribution in [1.29, 1.82) is 0 Å². The Kier molecular flexibility index (Phi) is 5.26. The SMILES string of the molecule is COc1ccc(CNC(=O)[C@@H](C(C)C)N2Cc3ccccc3C2=O)cc1. The van der Waals surface area contributed by atoms with Crippen LogP contribution in [-0.2, 0) is 17.9 Å². The summed E-state index contributed by atoms with van der Waals surface area (Å²) in [5.41, 5.74) is 2.66. The second kappa shape index (κ2) is 7.60. The van der Waals surface area contributed by atoms with Crippen molar-refractivity contribution >= 4 is 11.8 Å². The molecule has 5 heteroatoms. The van der Waals surface area contributed by atoms with Crippen LogP contribution in [-0.4, -0.2) is 29.9 Å². The molecule has 2 aromatic carbocycles. The molecule has 0 radical (unpaired) electrons. The number of rotatable bonds is 6. The molecule has 26 heavy (non-hydrogen) atoms. The van der Waals surface area contributed by atoms with Gasteiger partial charge < -0.3 is 15.0 Å². The number of fused-ring (bicyclic) bond motifs is 1. The number of carbonyl (C=O) groups excluding carboxylic acids is 2. The zero-order valence-corrected chi connectivity index (χ0v) is 15.4. The molecule has 5 nitrogen and oxygen atoms in total. The summed E-state index contributed by atoms with van der Waals surface area (Å²) in [6.45, 7) is 4.83. The molecule has 0 fully saturated rings. The average Bonchev–Trinajstić information content (AvgIpc) is 2.97. The zero-order valence-electron chi connectivity index (χ0n) is 15.4. The third-order valence-electron chi connectivity index (χ3n) is 4.71.